The average Bonchev–Trinajstić information content (AvgIpc) is 3.62. The Kier molecular flexibility index (Phi) is 11.7. The summed E-state index contributed by atoms with van der Waals surface area (Å²) in [6, 6.07) is 11.3. The summed E-state index contributed by atoms with van der Waals surface area (Å²) in [5.41, 5.74) is 9.88. The van der Waals surface area contributed by atoms with Gasteiger partial charge in [0.2, 0.25) is 17.7 Å². The summed E-state index contributed by atoms with van der Waals surface area (Å²) in [4.78, 5) is 58.8. The standard InChI is InChI=1S/C33H42N6O5S/c1-19(2)14-28(31(41)37-27(33(43)44)12-13-45-3)39-32(42)29(16-21-18-36-26-11-7-5-9-23(21)26)38-30(40)24(34)15-20-17-35-25-10-6-4-8-22(20)25/h4-11,17-19,24,27-29,35-36H,12-16,34H2,1-3H3,(H,37,41)(H,38,40)(H,39,42)(H,43,44). The van der Waals surface area contributed by atoms with Gasteiger partial charge in [-0.2, -0.15) is 11.8 Å². The summed E-state index contributed by atoms with van der Waals surface area (Å²) >= 11 is 1.48. The molecule has 3 amide bonds. The van der Waals surface area contributed by atoms with Crippen LogP contribution in [0.3, 0.4) is 0 Å². The maximum Gasteiger partial charge on any atom is 0.326 e. The molecule has 0 bridgehead atoms. The minimum Gasteiger partial charge on any atom is -0.480 e. The Morgan fingerprint density at radius 1 is 0.778 bits per heavy atom. The lowest BCUT2D eigenvalue weighted by Gasteiger charge is -2.26. The predicted molar refractivity (Wildman–Crippen MR) is 178 cm³/mol. The molecule has 12 heteroatoms. The number of carbonyl (C=O) groups is 4. The van der Waals surface area contributed by atoms with Gasteiger partial charge in [-0.05, 0) is 60.4 Å². The number of nitrogens with two attached hydrogens (primary N) is 1. The molecule has 4 rings (SSSR count). The highest BCUT2D eigenvalue weighted by Crippen LogP contribution is 2.21. The number of carboxylic acids is 1. The second-order valence-electron chi connectivity index (χ2n) is 11.7. The van der Waals surface area contributed by atoms with E-state index in [2.05, 4.69) is 25.9 Å². The summed E-state index contributed by atoms with van der Waals surface area (Å²) in [6.07, 6.45) is 6.40. The number of thioether (sulfide) groups is 1. The van der Waals surface area contributed by atoms with E-state index in [0.717, 1.165) is 32.9 Å². The number of aromatic nitrogens is 2. The van der Waals surface area contributed by atoms with E-state index in [1.165, 1.54) is 11.8 Å². The van der Waals surface area contributed by atoms with Crippen molar-refractivity contribution in [2.45, 2.75) is 63.7 Å². The van der Waals surface area contributed by atoms with Gasteiger partial charge in [0.05, 0.1) is 6.04 Å². The van der Waals surface area contributed by atoms with Gasteiger partial charge < -0.3 is 36.8 Å². The van der Waals surface area contributed by atoms with Crippen molar-refractivity contribution in [2.24, 2.45) is 11.7 Å². The van der Waals surface area contributed by atoms with Gasteiger partial charge in [0.1, 0.15) is 18.1 Å². The molecule has 4 unspecified atom stereocenters. The van der Waals surface area contributed by atoms with Gasteiger partial charge in [-0.3, -0.25) is 14.4 Å². The third-order valence-electron chi connectivity index (χ3n) is 7.75. The molecule has 4 atom stereocenters. The zero-order valence-corrected chi connectivity index (χ0v) is 26.6. The first kappa shape index (κ1) is 33.6. The van der Waals surface area contributed by atoms with E-state index in [9.17, 15) is 24.3 Å². The van der Waals surface area contributed by atoms with Crippen LogP contribution < -0.4 is 21.7 Å². The molecule has 0 saturated heterocycles. The Balaban J connectivity index is 1.54. The monoisotopic (exact) mass is 634 g/mol. The predicted octanol–water partition coefficient (Wildman–Crippen LogP) is 3.10. The van der Waals surface area contributed by atoms with Crippen LogP contribution in [0.4, 0.5) is 0 Å². The molecule has 0 saturated carbocycles. The SMILES string of the molecule is CSCCC(NC(=O)C(CC(C)C)NC(=O)C(Cc1c[nH]c2ccccc12)NC(=O)C(N)Cc1c[nH]c2ccccc12)C(=O)O. The van der Waals surface area contributed by atoms with Crippen LogP contribution in [0.15, 0.2) is 60.9 Å². The molecule has 45 heavy (non-hydrogen) atoms. The van der Waals surface area contributed by atoms with Gasteiger partial charge in [0.15, 0.2) is 0 Å². The maximum absolute atomic E-state index is 13.9. The molecule has 0 aliphatic carbocycles. The van der Waals surface area contributed by atoms with Crippen LogP contribution in [0.1, 0.15) is 37.8 Å². The maximum atomic E-state index is 13.9. The Morgan fingerprint density at radius 3 is 1.84 bits per heavy atom. The third kappa shape index (κ3) is 8.89. The lowest BCUT2D eigenvalue weighted by Crippen LogP contribution is -2.58. The highest BCUT2D eigenvalue weighted by molar-refractivity contribution is 7.98. The van der Waals surface area contributed by atoms with Gasteiger partial charge >= 0.3 is 5.97 Å². The second-order valence-corrected chi connectivity index (χ2v) is 12.7. The zero-order chi connectivity index (χ0) is 32.5. The first-order chi connectivity index (χ1) is 21.6. The topological polar surface area (TPSA) is 182 Å². The van der Waals surface area contributed by atoms with Gasteiger partial charge in [-0.1, -0.05) is 50.2 Å². The quantitative estimate of drug-likeness (QED) is 0.0988. The third-order valence-corrected chi connectivity index (χ3v) is 8.39. The van der Waals surface area contributed by atoms with Crippen molar-refractivity contribution in [3.05, 3.63) is 72.1 Å². The molecule has 0 spiro atoms. The number of hydrogen-bond donors (Lipinski definition) is 7. The molecular formula is C33H42N6O5S. The fourth-order valence-corrected chi connectivity index (χ4v) is 5.85. The number of aliphatic carboxylic acids is 1. The van der Waals surface area contributed by atoms with Crippen molar-refractivity contribution in [1.82, 2.24) is 25.9 Å². The van der Waals surface area contributed by atoms with Gasteiger partial charge in [0.25, 0.3) is 0 Å². The number of carbonyl (C=O) groups excluding carboxylic acids is 3. The minimum absolute atomic E-state index is 0.0155. The molecule has 0 aliphatic rings. The molecule has 0 fully saturated rings. The Bertz CT molecular complexity index is 1630. The Morgan fingerprint density at radius 2 is 1.29 bits per heavy atom. The molecule has 0 aliphatic heterocycles. The van der Waals surface area contributed by atoms with E-state index in [-0.39, 0.29) is 31.6 Å². The van der Waals surface area contributed by atoms with Crippen LogP contribution in [0, 0.1) is 5.92 Å². The number of hydrogen-bond acceptors (Lipinski definition) is 6. The highest BCUT2D eigenvalue weighted by atomic mass is 32.2. The molecule has 240 valence electrons. The van der Waals surface area contributed by atoms with Crippen LogP contribution in [0.5, 0.6) is 0 Å². The Labute approximate surface area is 266 Å². The van der Waals surface area contributed by atoms with Gasteiger partial charge in [0, 0.05) is 40.6 Å². The highest BCUT2D eigenvalue weighted by Gasteiger charge is 2.31. The molecule has 4 aromatic rings. The number of fused-ring (bicyclic) bond motifs is 2. The second kappa shape index (κ2) is 15.6. The van der Waals surface area contributed by atoms with E-state index in [1.54, 1.807) is 6.20 Å². The van der Waals surface area contributed by atoms with Crippen LogP contribution in [0.25, 0.3) is 21.8 Å². The number of rotatable bonds is 16. The van der Waals surface area contributed by atoms with Gasteiger partial charge in [-0.15, -0.1) is 0 Å². The molecular weight excluding hydrogens is 592 g/mol. The van der Waals surface area contributed by atoms with Gasteiger partial charge in [-0.25, -0.2) is 4.79 Å². The van der Waals surface area contributed by atoms with E-state index < -0.39 is 47.9 Å². The molecule has 8 N–H and O–H groups in total. The van der Waals surface area contributed by atoms with Crippen molar-refractivity contribution in [1.29, 1.82) is 0 Å². The average molecular weight is 635 g/mol. The molecule has 0 radical (unpaired) electrons. The summed E-state index contributed by atoms with van der Waals surface area (Å²) in [5, 5.41) is 19.7. The minimum atomic E-state index is -1.14. The summed E-state index contributed by atoms with van der Waals surface area (Å²) in [6.45, 7) is 3.81. The van der Waals surface area contributed by atoms with Crippen LogP contribution in [0.2, 0.25) is 0 Å². The Hall–Kier alpha value is -4.29. The molecule has 2 aromatic heterocycles. The van der Waals surface area contributed by atoms with E-state index in [0.29, 0.717) is 5.75 Å². The number of nitrogens with one attached hydrogen (secondary N) is 5. The fourth-order valence-electron chi connectivity index (χ4n) is 5.38. The van der Waals surface area contributed by atoms with Crippen molar-refractivity contribution in [3.63, 3.8) is 0 Å². The largest absolute Gasteiger partial charge is 0.480 e. The van der Waals surface area contributed by atoms with E-state index >= 15 is 0 Å². The smallest absolute Gasteiger partial charge is 0.326 e. The number of benzene rings is 2. The molecule has 11 nitrogen and oxygen atoms in total. The summed E-state index contributed by atoms with van der Waals surface area (Å²) in [5.74, 6) is -2.23. The molecule has 2 heterocycles. The molecule has 2 aromatic carbocycles. The lowest BCUT2D eigenvalue weighted by atomic mass is 9.99. The van der Waals surface area contributed by atoms with Crippen LogP contribution >= 0.6 is 11.8 Å². The first-order valence-corrected chi connectivity index (χ1v) is 16.4. The van der Waals surface area contributed by atoms with Crippen LogP contribution in [-0.4, -0.2) is 74.9 Å². The lowest BCUT2D eigenvalue weighted by molar-refractivity contribution is -0.142. The zero-order valence-electron chi connectivity index (χ0n) is 25.8. The summed E-state index contributed by atoms with van der Waals surface area (Å²) < 4.78 is 0. The van der Waals surface area contributed by atoms with Crippen LogP contribution in [-0.2, 0) is 32.0 Å². The fraction of sp³-hybridized carbons (Fsp3) is 0.394. The van der Waals surface area contributed by atoms with Crippen molar-refractivity contribution < 1.29 is 24.3 Å². The van der Waals surface area contributed by atoms with Crippen molar-refractivity contribution in [3.8, 4) is 0 Å². The number of H-pyrrole nitrogens is 2. The number of amides is 3. The number of para-hydroxylation sites is 2. The number of aromatic amines is 2. The van der Waals surface area contributed by atoms with E-state index in [1.807, 2.05) is 74.8 Å². The normalized spacial score (nSPS) is 14.2. The first-order valence-electron chi connectivity index (χ1n) is 15.1. The number of carboxylic acid groups (broad SMARTS) is 1. The van der Waals surface area contributed by atoms with Crippen molar-refractivity contribution in [2.75, 3.05) is 12.0 Å². The van der Waals surface area contributed by atoms with E-state index in [4.69, 9.17) is 5.73 Å². The summed E-state index contributed by atoms with van der Waals surface area (Å²) in [7, 11) is 0. The van der Waals surface area contributed by atoms with Crippen molar-refractivity contribution >= 4 is 57.3 Å².